The first-order valence-corrected chi connectivity index (χ1v) is 10.1. The summed E-state index contributed by atoms with van der Waals surface area (Å²) in [5, 5.41) is 0. The van der Waals surface area contributed by atoms with E-state index < -0.39 is 0 Å². The molecule has 0 aromatic carbocycles. The van der Waals surface area contributed by atoms with Gasteiger partial charge in [0.2, 0.25) is 11.8 Å². The average molecular weight is 372 g/mol. The number of carbonyl (C=O) groups is 2. The third-order valence-corrected chi connectivity index (χ3v) is 6.32. The van der Waals surface area contributed by atoms with Gasteiger partial charge in [0.25, 0.3) is 0 Å². The fourth-order valence-electron chi connectivity index (χ4n) is 4.63. The van der Waals surface area contributed by atoms with E-state index in [1.807, 2.05) is 9.80 Å². The van der Waals surface area contributed by atoms with Gasteiger partial charge >= 0.3 is 0 Å². The minimum Gasteiger partial charge on any atom is -0.376 e. The van der Waals surface area contributed by atoms with Crippen molar-refractivity contribution in [1.29, 1.82) is 0 Å². The fraction of sp³-hybridized carbons (Fsp3) is 0.700. The summed E-state index contributed by atoms with van der Waals surface area (Å²) in [7, 11) is 0. The molecule has 3 aliphatic rings. The Hall–Kier alpha value is -2.02. The lowest BCUT2D eigenvalue weighted by Crippen LogP contribution is -2.53. The van der Waals surface area contributed by atoms with Crippen LogP contribution in [0, 0.1) is 5.41 Å². The maximum Gasteiger partial charge on any atom is 0.228 e. The van der Waals surface area contributed by atoms with E-state index >= 15 is 0 Å². The summed E-state index contributed by atoms with van der Waals surface area (Å²) >= 11 is 0. The van der Waals surface area contributed by atoms with E-state index in [1.54, 1.807) is 18.6 Å². The summed E-state index contributed by atoms with van der Waals surface area (Å²) in [5.41, 5.74) is 0.879. The van der Waals surface area contributed by atoms with Gasteiger partial charge < -0.3 is 14.5 Å². The van der Waals surface area contributed by atoms with Gasteiger partial charge in [0.05, 0.1) is 18.2 Å². The van der Waals surface area contributed by atoms with E-state index in [0.29, 0.717) is 18.5 Å². The third-order valence-electron chi connectivity index (χ3n) is 6.32. The Morgan fingerprint density at radius 1 is 1.26 bits per heavy atom. The lowest BCUT2D eigenvalue weighted by molar-refractivity contribution is -0.143. The van der Waals surface area contributed by atoms with Crippen LogP contribution < -0.4 is 0 Å². The molecule has 27 heavy (non-hydrogen) atoms. The quantitative estimate of drug-likeness (QED) is 0.799. The van der Waals surface area contributed by atoms with Crippen molar-refractivity contribution in [3.8, 4) is 0 Å². The van der Waals surface area contributed by atoms with E-state index in [-0.39, 0.29) is 23.3 Å². The van der Waals surface area contributed by atoms with E-state index in [1.165, 1.54) is 0 Å². The number of amides is 2. The van der Waals surface area contributed by atoms with Gasteiger partial charge in [0, 0.05) is 57.8 Å². The van der Waals surface area contributed by atoms with Gasteiger partial charge in [-0.25, -0.2) is 0 Å². The summed E-state index contributed by atoms with van der Waals surface area (Å²) < 4.78 is 5.73. The first-order chi connectivity index (χ1) is 13.1. The van der Waals surface area contributed by atoms with Crippen LogP contribution in [0.1, 0.15) is 44.2 Å². The zero-order valence-corrected chi connectivity index (χ0v) is 15.8. The van der Waals surface area contributed by atoms with Crippen LogP contribution in [0.4, 0.5) is 0 Å². The molecule has 3 saturated heterocycles. The maximum atomic E-state index is 12.6. The number of likely N-dealkylation sites (tertiary alicyclic amines) is 2. The standard InChI is InChI=1S/C20H28N4O3/c25-18-3-4-20(15-24(18)14-17-2-1-11-27-17)5-9-23(10-6-20)19(26)12-16-13-21-7-8-22-16/h7-8,13,17H,1-6,9-12,14-15H2/t17-/m1/s1. The molecule has 1 aromatic rings. The topological polar surface area (TPSA) is 75.6 Å². The number of hydrogen-bond donors (Lipinski definition) is 0. The maximum absolute atomic E-state index is 12.6. The van der Waals surface area contributed by atoms with Crippen molar-refractivity contribution in [3.63, 3.8) is 0 Å². The molecule has 1 aromatic heterocycles. The molecule has 0 N–H and O–H groups in total. The summed E-state index contributed by atoms with van der Waals surface area (Å²) in [6.45, 7) is 3.90. The first kappa shape index (κ1) is 18.3. The summed E-state index contributed by atoms with van der Waals surface area (Å²) in [4.78, 5) is 37.1. The number of ether oxygens (including phenoxy) is 1. The highest BCUT2D eigenvalue weighted by molar-refractivity contribution is 5.79. The largest absolute Gasteiger partial charge is 0.376 e. The molecule has 0 aliphatic carbocycles. The highest BCUT2D eigenvalue weighted by Gasteiger charge is 2.42. The molecular weight excluding hydrogens is 344 g/mol. The number of rotatable bonds is 4. The van der Waals surface area contributed by atoms with E-state index in [2.05, 4.69) is 9.97 Å². The highest BCUT2D eigenvalue weighted by atomic mass is 16.5. The van der Waals surface area contributed by atoms with Crippen molar-refractivity contribution in [3.05, 3.63) is 24.3 Å². The molecule has 7 nitrogen and oxygen atoms in total. The summed E-state index contributed by atoms with van der Waals surface area (Å²) in [6, 6.07) is 0. The van der Waals surface area contributed by atoms with Crippen molar-refractivity contribution in [1.82, 2.24) is 19.8 Å². The zero-order chi connectivity index (χ0) is 18.7. The average Bonchev–Trinajstić information content (AvgIpc) is 3.19. The van der Waals surface area contributed by atoms with Gasteiger partial charge in [0.1, 0.15) is 0 Å². The summed E-state index contributed by atoms with van der Waals surface area (Å²) in [5.74, 6) is 0.380. The highest BCUT2D eigenvalue weighted by Crippen LogP contribution is 2.40. The normalized spacial score (nSPS) is 25.2. The first-order valence-electron chi connectivity index (χ1n) is 10.1. The number of nitrogens with zero attached hydrogens (tertiary/aromatic N) is 4. The van der Waals surface area contributed by atoms with Crippen molar-refractivity contribution in [2.24, 2.45) is 5.41 Å². The summed E-state index contributed by atoms with van der Waals surface area (Å²) in [6.07, 6.45) is 11.1. The molecule has 3 aliphatic heterocycles. The van der Waals surface area contributed by atoms with Crippen molar-refractivity contribution in [2.45, 2.75) is 51.0 Å². The molecule has 0 unspecified atom stereocenters. The second-order valence-electron chi connectivity index (χ2n) is 8.16. The van der Waals surface area contributed by atoms with Gasteiger partial charge in [-0.3, -0.25) is 19.6 Å². The molecule has 4 heterocycles. The van der Waals surface area contributed by atoms with Gasteiger partial charge in [-0.05, 0) is 37.5 Å². The predicted octanol–water partition coefficient (Wildman–Crippen LogP) is 1.43. The van der Waals surface area contributed by atoms with Crippen LogP contribution in [0.2, 0.25) is 0 Å². The van der Waals surface area contributed by atoms with Crippen molar-refractivity contribution in [2.75, 3.05) is 32.8 Å². The Morgan fingerprint density at radius 3 is 2.81 bits per heavy atom. The van der Waals surface area contributed by atoms with Crippen LogP contribution in [0.15, 0.2) is 18.6 Å². The van der Waals surface area contributed by atoms with E-state index in [4.69, 9.17) is 4.74 Å². The molecule has 3 fully saturated rings. The Kier molecular flexibility index (Phi) is 5.38. The number of aromatic nitrogens is 2. The molecule has 4 rings (SSSR count). The minimum atomic E-state index is 0.119. The van der Waals surface area contributed by atoms with Crippen molar-refractivity contribution >= 4 is 11.8 Å². The fourth-order valence-corrected chi connectivity index (χ4v) is 4.63. The van der Waals surface area contributed by atoms with Gasteiger partial charge in [-0.15, -0.1) is 0 Å². The SMILES string of the molecule is O=C(Cc1cnccn1)N1CCC2(CCC(=O)N(C[C@H]3CCCO3)C2)CC1. The predicted molar refractivity (Wildman–Crippen MR) is 98.8 cm³/mol. The molecule has 0 saturated carbocycles. The second kappa shape index (κ2) is 7.92. The molecule has 7 heteroatoms. The van der Waals surface area contributed by atoms with E-state index in [9.17, 15) is 9.59 Å². The molecular formula is C20H28N4O3. The number of piperidine rings is 2. The Morgan fingerprint density at radius 2 is 2.11 bits per heavy atom. The zero-order valence-electron chi connectivity index (χ0n) is 15.8. The monoisotopic (exact) mass is 372 g/mol. The second-order valence-corrected chi connectivity index (χ2v) is 8.16. The lowest BCUT2D eigenvalue weighted by atomic mass is 9.72. The molecule has 146 valence electrons. The third kappa shape index (κ3) is 4.29. The van der Waals surface area contributed by atoms with Gasteiger partial charge in [-0.1, -0.05) is 0 Å². The Labute approximate surface area is 160 Å². The molecule has 1 spiro atoms. The number of hydrogen-bond acceptors (Lipinski definition) is 5. The van der Waals surface area contributed by atoms with Crippen LogP contribution in [0.25, 0.3) is 0 Å². The van der Waals surface area contributed by atoms with Crippen LogP contribution >= 0.6 is 0 Å². The molecule has 1 atom stereocenters. The lowest BCUT2D eigenvalue weighted by Gasteiger charge is -2.47. The van der Waals surface area contributed by atoms with E-state index in [0.717, 1.165) is 64.9 Å². The van der Waals surface area contributed by atoms with Crippen LogP contribution in [0.5, 0.6) is 0 Å². The van der Waals surface area contributed by atoms with Crippen molar-refractivity contribution < 1.29 is 14.3 Å². The smallest absolute Gasteiger partial charge is 0.228 e. The molecule has 0 bridgehead atoms. The van der Waals surface area contributed by atoms with Gasteiger partial charge in [-0.2, -0.15) is 0 Å². The molecule has 2 amide bonds. The van der Waals surface area contributed by atoms with Gasteiger partial charge in [0.15, 0.2) is 0 Å². The Balaban J connectivity index is 1.31. The van der Waals surface area contributed by atoms with Crippen LogP contribution in [-0.2, 0) is 20.7 Å². The van der Waals surface area contributed by atoms with Crippen LogP contribution in [0.3, 0.4) is 0 Å². The number of carbonyl (C=O) groups excluding carboxylic acids is 2. The van der Waals surface area contributed by atoms with Crippen LogP contribution in [-0.4, -0.2) is 70.5 Å². The minimum absolute atomic E-state index is 0.119. The Bertz CT molecular complexity index is 667. The molecule has 0 radical (unpaired) electrons.